The fourth-order valence-corrected chi connectivity index (χ4v) is 3.76. The van der Waals surface area contributed by atoms with Crippen molar-refractivity contribution >= 4 is 38.9 Å². The number of carbonyl (C=O) groups excluding carboxylic acids is 1. The van der Waals surface area contributed by atoms with Crippen molar-refractivity contribution in [3.63, 3.8) is 0 Å². The van der Waals surface area contributed by atoms with E-state index in [9.17, 15) is 17.6 Å². The third-order valence-electron chi connectivity index (χ3n) is 3.88. The first-order valence-corrected chi connectivity index (χ1v) is 9.97. The Kier molecular flexibility index (Phi) is 5.06. The SMILES string of the molecule is CS(=O)(=O)N1CCC(C(=O)Nc2ccccc2F)Oc2ccc(Cl)cc21. The molecule has 0 saturated carbocycles. The van der Waals surface area contributed by atoms with E-state index < -0.39 is 27.9 Å². The monoisotopic (exact) mass is 398 g/mol. The van der Waals surface area contributed by atoms with Gasteiger partial charge in [-0.25, -0.2) is 12.8 Å². The summed E-state index contributed by atoms with van der Waals surface area (Å²) in [6, 6.07) is 10.3. The molecule has 9 heteroatoms. The molecule has 0 aromatic heterocycles. The lowest BCUT2D eigenvalue weighted by atomic mass is 10.2. The molecule has 1 unspecified atom stereocenters. The molecule has 3 rings (SSSR count). The predicted octanol–water partition coefficient (Wildman–Crippen LogP) is 3.03. The zero-order valence-electron chi connectivity index (χ0n) is 13.8. The molecule has 6 nitrogen and oxygen atoms in total. The van der Waals surface area contributed by atoms with Crippen LogP contribution in [0.25, 0.3) is 0 Å². The first-order chi connectivity index (χ1) is 12.3. The number of sulfonamides is 1. The number of fused-ring (bicyclic) bond motifs is 1. The average molecular weight is 399 g/mol. The first-order valence-electron chi connectivity index (χ1n) is 7.75. The smallest absolute Gasteiger partial charge is 0.265 e. The van der Waals surface area contributed by atoms with Gasteiger partial charge in [0.05, 0.1) is 17.6 Å². The molecule has 1 aliphatic heterocycles. The van der Waals surface area contributed by atoms with Crippen molar-refractivity contribution in [2.24, 2.45) is 0 Å². The van der Waals surface area contributed by atoms with Crippen LogP contribution in [0, 0.1) is 5.82 Å². The van der Waals surface area contributed by atoms with E-state index in [-0.39, 0.29) is 30.1 Å². The summed E-state index contributed by atoms with van der Waals surface area (Å²) in [6.07, 6.45) is 0.179. The van der Waals surface area contributed by atoms with E-state index in [1.165, 1.54) is 36.4 Å². The molecule has 1 aliphatic rings. The molecule has 2 aromatic carbocycles. The van der Waals surface area contributed by atoms with Crippen LogP contribution in [0.3, 0.4) is 0 Å². The van der Waals surface area contributed by atoms with Gasteiger partial charge in [0, 0.05) is 18.0 Å². The molecule has 0 fully saturated rings. The highest BCUT2D eigenvalue weighted by molar-refractivity contribution is 7.92. The van der Waals surface area contributed by atoms with Gasteiger partial charge >= 0.3 is 0 Å². The number of hydrogen-bond donors (Lipinski definition) is 1. The van der Waals surface area contributed by atoms with Crippen molar-refractivity contribution in [3.8, 4) is 5.75 Å². The molecule has 1 amide bonds. The third-order valence-corrected chi connectivity index (χ3v) is 5.29. The van der Waals surface area contributed by atoms with Gasteiger partial charge in [-0.05, 0) is 30.3 Å². The van der Waals surface area contributed by atoms with Gasteiger partial charge in [-0.1, -0.05) is 23.7 Å². The maximum absolute atomic E-state index is 13.7. The standard InChI is InChI=1S/C17H16ClFN2O4S/c1-26(23,24)21-9-8-16(25-15-7-6-11(18)10-14(15)21)17(22)20-13-5-3-2-4-12(13)19/h2-7,10,16H,8-9H2,1H3,(H,20,22). The topological polar surface area (TPSA) is 75.7 Å². The van der Waals surface area contributed by atoms with Crippen LogP contribution in [0.15, 0.2) is 42.5 Å². The van der Waals surface area contributed by atoms with Crippen LogP contribution in [-0.4, -0.2) is 33.2 Å². The average Bonchev–Trinajstić information content (AvgIpc) is 2.76. The Morgan fingerprint density at radius 3 is 2.73 bits per heavy atom. The fraction of sp³-hybridized carbons (Fsp3) is 0.235. The van der Waals surface area contributed by atoms with Crippen molar-refractivity contribution in [2.45, 2.75) is 12.5 Å². The summed E-state index contributed by atoms with van der Waals surface area (Å²) in [7, 11) is -3.59. The number of para-hydroxylation sites is 1. The lowest BCUT2D eigenvalue weighted by Crippen LogP contribution is -2.36. The number of nitrogens with one attached hydrogen (secondary N) is 1. The molecule has 0 spiro atoms. The van der Waals surface area contributed by atoms with Gasteiger partial charge in [0.25, 0.3) is 5.91 Å². The van der Waals surface area contributed by atoms with Gasteiger partial charge in [0.1, 0.15) is 11.6 Å². The molecule has 1 atom stereocenters. The van der Waals surface area contributed by atoms with Crippen molar-refractivity contribution in [1.82, 2.24) is 0 Å². The molecule has 0 radical (unpaired) electrons. The van der Waals surface area contributed by atoms with Crippen molar-refractivity contribution in [2.75, 3.05) is 22.4 Å². The van der Waals surface area contributed by atoms with E-state index in [2.05, 4.69) is 5.32 Å². The highest BCUT2D eigenvalue weighted by Crippen LogP contribution is 2.36. The Morgan fingerprint density at radius 1 is 1.31 bits per heavy atom. The highest BCUT2D eigenvalue weighted by atomic mass is 35.5. The Bertz CT molecular complexity index is 952. The Balaban J connectivity index is 1.89. The maximum atomic E-state index is 13.7. The molecule has 0 aliphatic carbocycles. The van der Waals surface area contributed by atoms with E-state index in [1.54, 1.807) is 6.07 Å². The number of anilines is 2. The summed E-state index contributed by atoms with van der Waals surface area (Å²) in [4.78, 5) is 12.5. The van der Waals surface area contributed by atoms with Crippen LogP contribution in [0.1, 0.15) is 6.42 Å². The van der Waals surface area contributed by atoms with Crippen LogP contribution in [0.4, 0.5) is 15.8 Å². The van der Waals surface area contributed by atoms with Gasteiger partial charge in [0.2, 0.25) is 10.0 Å². The number of nitrogens with zero attached hydrogens (tertiary/aromatic N) is 1. The van der Waals surface area contributed by atoms with Gasteiger partial charge < -0.3 is 10.1 Å². The van der Waals surface area contributed by atoms with Gasteiger partial charge in [-0.2, -0.15) is 0 Å². The Labute approximate surface area is 155 Å². The first kappa shape index (κ1) is 18.5. The number of halogens is 2. The van der Waals surface area contributed by atoms with E-state index >= 15 is 0 Å². The lowest BCUT2D eigenvalue weighted by Gasteiger charge is -2.21. The summed E-state index contributed by atoms with van der Waals surface area (Å²) in [6.45, 7) is 0.0293. The molecule has 26 heavy (non-hydrogen) atoms. The minimum absolute atomic E-state index is 0.0293. The second-order valence-corrected chi connectivity index (χ2v) is 8.15. The fourth-order valence-electron chi connectivity index (χ4n) is 2.66. The normalized spacial score (nSPS) is 17.0. The zero-order valence-corrected chi connectivity index (χ0v) is 15.3. The second kappa shape index (κ2) is 7.13. The largest absolute Gasteiger partial charge is 0.478 e. The Morgan fingerprint density at radius 2 is 2.04 bits per heavy atom. The molecule has 1 heterocycles. The van der Waals surface area contributed by atoms with E-state index in [0.29, 0.717) is 5.02 Å². The molecule has 138 valence electrons. The summed E-state index contributed by atoms with van der Waals surface area (Å²) < 4.78 is 44.8. The highest BCUT2D eigenvalue weighted by Gasteiger charge is 2.31. The van der Waals surface area contributed by atoms with Crippen molar-refractivity contribution in [3.05, 3.63) is 53.3 Å². The number of hydrogen-bond acceptors (Lipinski definition) is 4. The van der Waals surface area contributed by atoms with Crippen LogP contribution in [-0.2, 0) is 14.8 Å². The number of carbonyl (C=O) groups is 1. The summed E-state index contributed by atoms with van der Waals surface area (Å²) in [5, 5.41) is 2.81. The molecule has 1 N–H and O–H groups in total. The molecular formula is C17H16ClFN2O4S. The third kappa shape index (κ3) is 3.91. The molecule has 0 bridgehead atoms. The number of rotatable bonds is 3. The van der Waals surface area contributed by atoms with Crippen LogP contribution in [0.5, 0.6) is 5.75 Å². The summed E-state index contributed by atoms with van der Waals surface area (Å²) in [5.74, 6) is -0.920. The Hall–Kier alpha value is -2.32. The van der Waals surface area contributed by atoms with Crippen LogP contribution < -0.4 is 14.4 Å². The van der Waals surface area contributed by atoms with Crippen LogP contribution >= 0.6 is 11.6 Å². The zero-order chi connectivity index (χ0) is 18.9. The summed E-state index contributed by atoms with van der Waals surface area (Å²) in [5.41, 5.74) is 0.294. The molecule has 2 aromatic rings. The molecular weight excluding hydrogens is 383 g/mol. The minimum atomic E-state index is -3.59. The van der Waals surface area contributed by atoms with E-state index in [4.69, 9.17) is 16.3 Å². The maximum Gasteiger partial charge on any atom is 0.265 e. The second-order valence-electron chi connectivity index (χ2n) is 5.81. The van der Waals surface area contributed by atoms with Crippen LogP contribution in [0.2, 0.25) is 5.02 Å². The lowest BCUT2D eigenvalue weighted by molar-refractivity contribution is -0.122. The number of amides is 1. The van der Waals surface area contributed by atoms with Crippen molar-refractivity contribution in [1.29, 1.82) is 0 Å². The molecule has 0 saturated heterocycles. The summed E-state index contributed by atoms with van der Waals surface area (Å²) >= 11 is 5.97. The van der Waals surface area contributed by atoms with E-state index in [0.717, 1.165) is 10.6 Å². The van der Waals surface area contributed by atoms with Crippen molar-refractivity contribution < 1.29 is 22.3 Å². The van der Waals surface area contributed by atoms with Gasteiger partial charge in [-0.15, -0.1) is 0 Å². The number of benzene rings is 2. The van der Waals surface area contributed by atoms with Gasteiger partial charge in [0.15, 0.2) is 6.10 Å². The van der Waals surface area contributed by atoms with Gasteiger partial charge in [-0.3, -0.25) is 9.10 Å². The quantitative estimate of drug-likeness (QED) is 0.862. The minimum Gasteiger partial charge on any atom is -0.478 e. The number of ether oxygens (including phenoxy) is 1. The van der Waals surface area contributed by atoms with E-state index in [1.807, 2.05) is 0 Å². The predicted molar refractivity (Wildman–Crippen MR) is 97.7 cm³/mol.